The predicted molar refractivity (Wildman–Crippen MR) is 96.1 cm³/mol. The molecule has 0 atom stereocenters. The second-order valence-corrected chi connectivity index (χ2v) is 5.63. The maximum atomic E-state index is 12.2. The van der Waals surface area contributed by atoms with Crippen LogP contribution >= 0.6 is 15.9 Å². The van der Waals surface area contributed by atoms with E-state index in [1.165, 1.54) is 48.6 Å². The quantitative estimate of drug-likeness (QED) is 0.241. The summed E-state index contributed by atoms with van der Waals surface area (Å²) >= 11 is 3.08. The second-order valence-electron chi connectivity index (χ2n) is 4.85. The van der Waals surface area contributed by atoms with E-state index in [9.17, 15) is 19.7 Å². The number of ether oxygens (including phenoxy) is 1. The number of nitrogens with one attached hydrogen (secondary N) is 1. The number of carbonyl (C=O) groups is 2. The molecule has 2 rings (SSSR count). The van der Waals surface area contributed by atoms with Gasteiger partial charge in [-0.05, 0) is 51.8 Å². The SMILES string of the molecule is C=CCOC(=O)C(=Cc1ccc([N+](=O)[O-])cc1)NC(=O)c1ccc(Br)o1. The zero-order valence-electron chi connectivity index (χ0n) is 13.3. The lowest BCUT2D eigenvalue weighted by Crippen LogP contribution is -2.28. The Morgan fingerprint density at radius 3 is 2.50 bits per heavy atom. The summed E-state index contributed by atoms with van der Waals surface area (Å²) in [5.74, 6) is -1.45. The van der Waals surface area contributed by atoms with E-state index in [1.807, 2.05) is 0 Å². The highest BCUT2D eigenvalue weighted by Gasteiger charge is 2.18. The summed E-state index contributed by atoms with van der Waals surface area (Å²) in [5.41, 5.74) is 0.211. The molecule has 1 aromatic heterocycles. The van der Waals surface area contributed by atoms with Crippen LogP contribution < -0.4 is 5.32 Å². The molecule has 0 fully saturated rings. The first kappa shape index (κ1) is 19.1. The van der Waals surface area contributed by atoms with Gasteiger partial charge in [0.15, 0.2) is 10.4 Å². The summed E-state index contributed by atoms with van der Waals surface area (Å²) in [6, 6.07) is 8.40. The molecule has 0 aliphatic rings. The molecule has 0 saturated heterocycles. The smallest absolute Gasteiger partial charge is 0.355 e. The third kappa shape index (κ3) is 5.15. The first-order chi connectivity index (χ1) is 12.4. The molecule has 1 heterocycles. The van der Waals surface area contributed by atoms with Gasteiger partial charge in [0.05, 0.1) is 4.92 Å². The number of carbonyl (C=O) groups excluding carboxylic acids is 2. The van der Waals surface area contributed by atoms with Crippen molar-refractivity contribution < 1.29 is 23.7 Å². The van der Waals surface area contributed by atoms with Crippen molar-refractivity contribution >= 4 is 39.6 Å². The van der Waals surface area contributed by atoms with Crippen molar-refractivity contribution in [2.75, 3.05) is 6.61 Å². The fourth-order valence-electron chi connectivity index (χ4n) is 1.84. The van der Waals surface area contributed by atoms with E-state index in [0.717, 1.165) is 0 Å². The standard InChI is InChI=1S/C17H13BrN2O6/c1-2-9-25-17(22)13(19-16(21)14-7-8-15(18)26-14)10-11-3-5-12(6-4-11)20(23)24/h2-8,10H,1,9H2,(H,19,21). The summed E-state index contributed by atoms with van der Waals surface area (Å²) in [7, 11) is 0. The third-order valence-corrected chi connectivity index (χ3v) is 3.44. The van der Waals surface area contributed by atoms with Crippen molar-refractivity contribution in [3.63, 3.8) is 0 Å². The molecule has 1 amide bonds. The average Bonchev–Trinajstić information content (AvgIpc) is 3.06. The first-order valence-electron chi connectivity index (χ1n) is 7.21. The van der Waals surface area contributed by atoms with Crippen LogP contribution in [-0.2, 0) is 9.53 Å². The summed E-state index contributed by atoms with van der Waals surface area (Å²) in [5, 5.41) is 13.1. The fourth-order valence-corrected chi connectivity index (χ4v) is 2.14. The Morgan fingerprint density at radius 1 is 1.27 bits per heavy atom. The first-order valence-corrected chi connectivity index (χ1v) is 8.01. The molecule has 1 aromatic carbocycles. The Bertz CT molecular complexity index is 870. The van der Waals surface area contributed by atoms with Gasteiger partial charge in [-0.2, -0.15) is 0 Å². The highest BCUT2D eigenvalue weighted by Crippen LogP contribution is 2.16. The number of rotatable bonds is 7. The van der Waals surface area contributed by atoms with Gasteiger partial charge in [-0.3, -0.25) is 14.9 Å². The topological polar surface area (TPSA) is 112 Å². The molecule has 1 N–H and O–H groups in total. The summed E-state index contributed by atoms with van der Waals surface area (Å²) in [6.45, 7) is 3.40. The van der Waals surface area contributed by atoms with Crippen LogP contribution in [0.2, 0.25) is 0 Å². The Labute approximate surface area is 156 Å². The van der Waals surface area contributed by atoms with E-state index >= 15 is 0 Å². The van der Waals surface area contributed by atoms with Crippen molar-refractivity contribution in [1.82, 2.24) is 5.32 Å². The average molecular weight is 421 g/mol. The van der Waals surface area contributed by atoms with Crippen LogP contribution in [0, 0.1) is 10.1 Å². The second kappa shape index (κ2) is 8.77. The number of furan rings is 1. The number of esters is 1. The molecule has 0 bridgehead atoms. The van der Waals surface area contributed by atoms with Crippen molar-refractivity contribution in [1.29, 1.82) is 0 Å². The molecule has 0 radical (unpaired) electrons. The van der Waals surface area contributed by atoms with Crippen molar-refractivity contribution in [3.05, 3.63) is 80.9 Å². The lowest BCUT2D eigenvalue weighted by Gasteiger charge is -2.08. The maximum Gasteiger partial charge on any atom is 0.355 e. The van der Waals surface area contributed by atoms with Crippen LogP contribution in [0.15, 0.2) is 63.8 Å². The van der Waals surface area contributed by atoms with Gasteiger partial charge in [0, 0.05) is 12.1 Å². The number of nitro groups is 1. The maximum absolute atomic E-state index is 12.2. The van der Waals surface area contributed by atoms with Gasteiger partial charge in [-0.1, -0.05) is 12.7 Å². The lowest BCUT2D eigenvalue weighted by atomic mass is 10.1. The molecule has 2 aromatic rings. The molecule has 0 aliphatic heterocycles. The van der Waals surface area contributed by atoms with Crippen LogP contribution in [-0.4, -0.2) is 23.4 Å². The molecule has 8 nitrogen and oxygen atoms in total. The predicted octanol–water partition coefficient (Wildman–Crippen LogP) is 3.45. The molecular weight excluding hydrogens is 408 g/mol. The van der Waals surface area contributed by atoms with Gasteiger partial charge < -0.3 is 14.5 Å². The van der Waals surface area contributed by atoms with Crippen LogP contribution in [0.1, 0.15) is 16.1 Å². The monoisotopic (exact) mass is 420 g/mol. The van der Waals surface area contributed by atoms with E-state index < -0.39 is 16.8 Å². The van der Waals surface area contributed by atoms with Crippen LogP contribution in [0.3, 0.4) is 0 Å². The molecule has 0 unspecified atom stereocenters. The molecular formula is C17H13BrN2O6. The zero-order chi connectivity index (χ0) is 19.1. The van der Waals surface area contributed by atoms with E-state index in [-0.39, 0.29) is 23.8 Å². The number of hydrogen-bond acceptors (Lipinski definition) is 6. The van der Waals surface area contributed by atoms with Gasteiger partial charge in [-0.15, -0.1) is 0 Å². The van der Waals surface area contributed by atoms with Crippen molar-refractivity contribution in [3.8, 4) is 0 Å². The third-order valence-electron chi connectivity index (χ3n) is 3.01. The van der Waals surface area contributed by atoms with E-state index in [2.05, 4.69) is 27.8 Å². The van der Waals surface area contributed by atoms with Gasteiger partial charge in [0.1, 0.15) is 12.3 Å². The Hall–Kier alpha value is -3.20. The summed E-state index contributed by atoms with van der Waals surface area (Å²) in [6.07, 6.45) is 2.72. The number of halogens is 1. The summed E-state index contributed by atoms with van der Waals surface area (Å²) in [4.78, 5) is 34.5. The number of nitrogens with zero attached hydrogens (tertiary/aromatic N) is 1. The molecule has 0 aliphatic carbocycles. The number of hydrogen-bond donors (Lipinski definition) is 1. The number of amides is 1. The van der Waals surface area contributed by atoms with E-state index in [1.54, 1.807) is 0 Å². The largest absolute Gasteiger partial charge is 0.457 e. The van der Waals surface area contributed by atoms with Crippen LogP contribution in [0.25, 0.3) is 6.08 Å². The van der Waals surface area contributed by atoms with Gasteiger partial charge in [0.2, 0.25) is 0 Å². The molecule has 9 heteroatoms. The van der Waals surface area contributed by atoms with Gasteiger partial charge in [0.25, 0.3) is 11.6 Å². The molecule has 0 saturated carbocycles. The fraction of sp³-hybridized carbons (Fsp3) is 0.0588. The Morgan fingerprint density at radius 2 is 1.96 bits per heavy atom. The van der Waals surface area contributed by atoms with E-state index in [0.29, 0.717) is 10.2 Å². The van der Waals surface area contributed by atoms with E-state index in [4.69, 9.17) is 9.15 Å². The molecule has 0 spiro atoms. The van der Waals surface area contributed by atoms with Crippen LogP contribution in [0.4, 0.5) is 5.69 Å². The van der Waals surface area contributed by atoms with Crippen molar-refractivity contribution in [2.24, 2.45) is 0 Å². The normalized spacial score (nSPS) is 10.9. The summed E-state index contributed by atoms with van der Waals surface area (Å²) < 4.78 is 10.4. The minimum atomic E-state index is -0.790. The molecule has 26 heavy (non-hydrogen) atoms. The number of nitro benzene ring substituents is 1. The van der Waals surface area contributed by atoms with Gasteiger partial charge in [-0.25, -0.2) is 4.79 Å². The Balaban J connectivity index is 2.27. The van der Waals surface area contributed by atoms with Gasteiger partial charge >= 0.3 is 5.97 Å². The number of non-ortho nitro benzene ring substituents is 1. The van der Waals surface area contributed by atoms with Crippen LogP contribution in [0.5, 0.6) is 0 Å². The van der Waals surface area contributed by atoms with Crippen molar-refractivity contribution in [2.45, 2.75) is 0 Å². The zero-order valence-corrected chi connectivity index (χ0v) is 14.9. The minimum absolute atomic E-state index is 0.0111. The number of benzene rings is 1. The highest BCUT2D eigenvalue weighted by molar-refractivity contribution is 9.10. The lowest BCUT2D eigenvalue weighted by molar-refractivity contribution is -0.384. The molecule has 134 valence electrons. The Kier molecular flexibility index (Phi) is 6.45. The highest BCUT2D eigenvalue weighted by atomic mass is 79.9. The minimum Gasteiger partial charge on any atom is -0.457 e.